The summed E-state index contributed by atoms with van der Waals surface area (Å²) in [4.78, 5) is 10.1. The van der Waals surface area contributed by atoms with E-state index in [9.17, 15) is 28.2 Å². The van der Waals surface area contributed by atoms with Gasteiger partial charge in [-0.2, -0.15) is 13.5 Å². The van der Waals surface area contributed by atoms with Crippen molar-refractivity contribution in [3.05, 3.63) is 64.2 Å². The molecule has 0 bridgehead atoms. The highest BCUT2D eigenvalue weighted by molar-refractivity contribution is 7.86. The molecule has 0 radical (unpaired) electrons. The number of hydrogen-bond acceptors (Lipinski definition) is 7. The Labute approximate surface area is 159 Å². The van der Waals surface area contributed by atoms with Crippen molar-refractivity contribution >= 4 is 38.0 Å². The normalized spacial score (nSPS) is 11.9. The first-order valence-corrected chi connectivity index (χ1v) is 9.57. The van der Waals surface area contributed by atoms with Crippen molar-refractivity contribution in [3.63, 3.8) is 0 Å². The van der Waals surface area contributed by atoms with Crippen LogP contribution in [0.5, 0.6) is 5.75 Å². The highest BCUT2D eigenvalue weighted by Crippen LogP contribution is 2.38. The first-order chi connectivity index (χ1) is 13.2. The zero-order valence-corrected chi connectivity index (χ0v) is 15.4. The van der Waals surface area contributed by atoms with Crippen LogP contribution in [0.2, 0.25) is 0 Å². The van der Waals surface area contributed by atoms with E-state index >= 15 is 0 Å². The zero-order chi connectivity index (χ0) is 20.5. The average Bonchev–Trinajstić information content (AvgIpc) is 2.65. The predicted octanol–water partition coefficient (Wildman–Crippen LogP) is 4.68. The van der Waals surface area contributed by atoms with Gasteiger partial charge in [-0.15, -0.1) is 5.11 Å². The number of nitro benzene ring substituents is 1. The van der Waals surface area contributed by atoms with E-state index in [0.29, 0.717) is 17.7 Å². The summed E-state index contributed by atoms with van der Waals surface area (Å²) in [7, 11) is -4.47. The number of phenols is 1. The second-order valence-corrected chi connectivity index (χ2v) is 7.27. The molecular weight excluding hydrogens is 386 g/mol. The van der Waals surface area contributed by atoms with Gasteiger partial charge >= 0.3 is 0 Å². The van der Waals surface area contributed by atoms with Crippen molar-refractivity contribution in [3.8, 4) is 5.75 Å². The van der Waals surface area contributed by atoms with Gasteiger partial charge in [0.2, 0.25) is 0 Å². The number of benzene rings is 3. The topological polar surface area (TPSA) is 142 Å². The quantitative estimate of drug-likeness (QED) is 0.275. The van der Waals surface area contributed by atoms with Gasteiger partial charge in [-0.3, -0.25) is 14.7 Å². The Balaban J connectivity index is 2.15. The molecule has 144 valence electrons. The summed E-state index contributed by atoms with van der Waals surface area (Å²) in [5.74, 6) is -0.233. The Kier molecular flexibility index (Phi) is 5.08. The maximum absolute atomic E-state index is 11.6. The summed E-state index contributed by atoms with van der Waals surface area (Å²) in [6.45, 7) is 1.81. The Bertz CT molecular complexity index is 1220. The highest BCUT2D eigenvalue weighted by atomic mass is 32.2. The van der Waals surface area contributed by atoms with Crippen LogP contribution in [0.1, 0.15) is 12.5 Å². The number of non-ortho nitro benzene ring substituents is 1. The Morgan fingerprint density at radius 2 is 1.82 bits per heavy atom. The molecule has 2 N–H and O–H groups in total. The molecule has 0 aliphatic heterocycles. The van der Waals surface area contributed by atoms with Crippen LogP contribution in [0, 0.1) is 10.1 Å². The molecule has 28 heavy (non-hydrogen) atoms. The molecule has 0 unspecified atom stereocenters. The molecule has 9 nitrogen and oxygen atoms in total. The van der Waals surface area contributed by atoms with Crippen molar-refractivity contribution in [2.24, 2.45) is 10.2 Å². The number of phenolic OH excluding ortho intramolecular Hbond substituents is 1. The molecular formula is C18H15N3O6S. The Morgan fingerprint density at radius 1 is 1.07 bits per heavy atom. The van der Waals surface area contributed by atoms with Crippen LogP contribution in [-0.2, 0) is 16.5 Å². The number of rotatable bonds is 5. The van der Waals surface area contributed by atoms with Gasteiger partial charge in [0.15, 0.2) is 0 Å². The molecule has 3 aromatic rings. The third-order valence-corrected chi connectivity index (χ3v) is 5.07. The summed E-state index contributed by atoms with van der Waals surface area (Å²) in [6, 6.07) is 10.9. The van der Waals surface area contributed by atoms with E-state index in [1.165, 1.54) is 48.5 Å². The fourth-order valence-corrected chi connectivity index (χ4v) is 3.51. The fraction of sp³-hybridized carbons (Fsp3) is 0.111. The molecule has 0 saturated heterocycles. The fourth-order valence-electron chi connectivity index (χ4n) is 2.80. The third-order valence-electron chi connectivity index (χ3n) is 4.16. The van der Waals surface area contributed by atoms with Crippen LogP contribution >= 0.6 is 0 Å². The minimum absolute atomic E-state index is 0.0170. The molecule has 0 heterocycles. The van der Waals surface area contributed by atoms with Gasteiger partial charge in [-0.1, -0.05) is 19.1 Å². The number of fused-ring (bicyclic) bond motifs is 1. The average molecular weight is 401 g/mol. The summed E-state index contributed by atoms with van der Waals surface area (Å²) < 4.78 is 32.5. The zero-order valence-electron chi connectivity index (χ0n) is 14.6. The van der Waals surface area contributed by atoms with Gasteiger partial charge in [0.25, 0.3) is 15.8 Å². The van der Waals surface area contributed by atoms with Gasteiger partial charge < -0.3 is 5.11 Å². The lowest BCUT2D eigenvalue weighted by molar-refractivity contribution is -0.384. The van der Waals surface area contributed by atoms with Crippen LogP contribution in [0.25, 0.3) is 10.8 Å². The van der Waals surface area contributed by atoms with Crippen molar-refractivity contribution < 1.29 is 23.0 Å². The summed E-state index contributed by atoms with van der Waals surface area (Å²) in [6.07, 6.45) is 0.477. The van der Waals surface area contributed by atoms with E-state index in [-0.39, 0.29) is 32.8 Å². The Hall–Kier alpha value is -3.37. The molecule has 0 amide bonds. The van der Waals surface area contributed by atoms with Gasteiger partial charge in [-0.05, 0) is 36.2 Å². The summed E-state index contributed by atoms with van der Waals surface area (Å²) >= 11 is 0. The number of aryl methyl sites for hydroxylation is 1. The first kappa shape index (κ1) is 19.4. The van der Waals surface area contributed by atoms with E-state index in [1.807, 2.05) is 6.92 Å². The second kappa shape index (κ2) is 7.33. The molecule has 0 aromatic heterocycles. The smallest absolute Gasteiger partial charge is 0.295 e. The molecule has 0 fully saturated rings. The van der Waals surface area contributed by atoms with E-state index in [4.69, 9.17) is 0 Å². The van der Waals surface area contributed by atoms with E-state index < -0.39 is 15.0 Å². The SMILES string of the molecule is CCc1cc([N+](=O)[O-])ccc1N=Nc1c(O)ccc2c(S(=O)(=O)O)cccc12. The minimum Gasteiger partial charge on any atom is -0.506 e. The predicted molar refractivity (Wildman–Crippen MR) is 102 cm³/mol. The molecule has 0 saturated carbocycles. The van der Waals surface area contributed by atoms with E-state index in [2.05, 4.69) is 10.2 Å². The van der Waals surface area contributed by atoms with Crippen molar-refractivity contribution in [1.29, 1.82) is 0 Å². The molecule has 3 rings (SSSR count). The van der Waals surface area contributed by atoms with Crippen LogP contribution in [0.15, 0.2) is 63.7 Å². The van der Waals surface area contributed by atoms with Crippen molar-refractivity contribution in [2.75, 3.05) is 0 Å². The monoisotopic (exact) mass is 401 g/mol. The number of nitrogens with zero attached hydrogens (tertiary/aromatic N) is 3. The van der Waals surface area contributed by atoms with Gasteiger partial charge in [0.05, 0.1) is 10.6 Å². The minimum atomic E-state index is -4.47. The Morgan fingerprint density at radius 3 is 2.46 bits per heavy atom. The molecule has 0 spiro atoms. The lowest BCUT2D eigenvalue weighted by Crippen LogP contribution is -1.98. The largest absolute Gasteiger partial charge is 0.506 e. The number of hydrogen-bond donors (Lipinski definition) is 2. The van der Waals surface area contributed by atoms with Gasteiger partial charge in [0, 0.05) is 22.9 Å². The number of nitro groups is 1. The molecule has 0 aliphatic carbocycles. The summed E-state index contributed by atoms with van der Waals surface area (Å²) in [5.41, 5.74) is 0.928. The highest BCUT2D eigenvalue weighted by Gasteiger charge is 2.17. The maximum Gasteiger partial charge on any atom is 0.295 e. The molecule has 0 atom stereocenters. The van der Waals surface area contributed by atoms with Crippen molar-refractivity contribution in [2.45, 2.75) is 18.2 Å². The second-order valence-electron chi connectivity index (χ2n) is 5.88. The van der Waals surface area contributed by atoms with Crippen molar-refractivity contribution in [1.82, 2.24) is 0 Å². The van der Waals surface area contributed by atoms with Gasteiger partial charge in [-0.25, -0.2) is 0 Å². The van der Waals surface area contributed by atoms with Crippen LogP contribution < -0.4 is 0 Å². The molecule has 0 aliphatic rings. The van der Waals surface area contributed by atoms with E-state index in [1.54, 1.807) is 0 Å². The van der Waals surface area contributed by atoms with Gasteiger partial charge in [0.1, 0.15) is 16.3 Å². The maximum atomic E-state index is 11.6. The molecule has 3 aromatic carbocycles. The molecule has 10 heteroatoms. The van der Waals surface area contributed by atoms with Crippen LogP contribution in [-0.4, -0.2) is 23.0 Å². The van der Waals surface area contributed by atoms with Crippen LogP contribution in [0.3, 0.4) is 0 Å². The summed E-state index contributed by atoms with van der Waals surface area (Å²) in [5, 5.41) is 29.7. The number of aromatic hydroxyl groups is 1. The lowest BCUT2D eigenvalue weighted by atomic mass is 10.1. The third kappa shape index (κ3) is 3.68. The van der Waals surface area contributed by atoms with E-state index in [0.717, 1.165) is 0 Å². The lowest BCUT2D eigenvalue weighted by Gasteiger charge is -2.08. The number of azo groups is 1. The first-order valence-electron chi connectivity index (χ1n) is 8.13. The van der Waals surface area contributed by atoms with Crippen LogP contribution in [0.4, 0.5) is 17.1 Å². The standard InChI is InChI=1S/C18H15N3O6S/c1-2-11-10-12(21(23)24)6-8-15(11)19-20-18-14-4-3-5-17(28(25,26)27)13(14)7-9-16(18)22/h3-10,22H,2H2,1H3,(H,25,26,27).